The van der Waals surface area contributed by atoms with Gasteiger partial charge in [-0.05, 0) is 33.1 Å². The summed E-state index contributed by atoms with van der Waals surface area (Å²) in [6.45, 7) is 11.9. The quantitative estimate of drug-likeness (QED) is 0.223. The van der Waals surface area contributed by atoms with Gasteiger partial charge in [0.25, 0.3) is 0 Å². The van der Waals surface area contributed by atoms with Crippen molar-refractivity contribution in [3.8, 4) is 0 Å². The highest BCUT2D eigenvalue weighted by atomic mass is 127. The van der Waals surface area contributed by atoms with Crippen molar-refractivity contribution in [2.24, 2.45) is 10.9 Å². The Kier molecular flexibility index (Phi) is 13.7. The van der Waals surface area contributed by atoms with Gasteiger partial charge < -0.3 is 10.6 Å². The minimum Gasteiger partial charge on any atom is -0.357 e. The minimum absolute atomic E-state index is 0. The van der Waals surface area contributed by atoms with Crippen LogP contribution < -0.4 is 15.4 Å². The second-order valence-corrected chi connectivity index (χ2v) is 7.18. The van der Waals surface area contributed by atoms with E-state index in [2.05, 4.69) is 41.1 Å². The zero-order valence-electron chi connectivity index (χ0n) is 13.8. The molecule has 0 aliphatic heterocycles. The summed E-state index contributed by atoms with van der Waals surface area (Å²) in [5, 5.41) is 6.52. The van der Waals surface area contributed by atoms with Crippen LogP contribution in [0.15, 0.2) is 4.99 Å². The summed E-state index contributed by atoms with van der Waals surface area (Å²) in [6, 6.07) is 0.339. The zero-order chi connectivity index (χ0) is 15.6. The number of hydrogen-bond acceptors (Lipinski definition) is 3. The maximum atomic E-state index is 11.2. The van der Waals surface area contributed by atoms with Gasteiger partial charge in [0.15, 0.2) is 5.96 Å². The first-order valence-electron chi connectivity index (χ1n) is 7.34. The first-order chi connectivity index (χ1) is 9.32. The molecule has 3 N–H and O–H groups in total. The molecule has 0 aromatic carbocycles. The Bertz CT molecular complexity index is 386. The first kappa shape index (κ1) is 23.2. The third-order valence-corrected chi connectivity index (χ3v) is 4.42. The van der Waals surface area contributed by atoms with Crippen LogP contribution in [0, 0.1) is 5.92 Å². The number of guanidine groups is 1. The smallest absolute Gasteiger partial charge is 0.211 e. The van der Waals surface area contributed by atoms with Crippen LogP contribution >= 0.6 is 24.0 Å². The van der Waals surface area contributed by atoms with Crippen LogP contribution in [0.2, 0.25) is 0 Å². The van der Waals surface area contributed by atoms with E-state index < -0.39 is 10.0 Å². The molecule has 8 heteroatoms. The number of halogens is 1. The summed E-state index contributed by atoms with van der Waals surface area (Å²) >= 11 is 0. The molecule has 0 aliphatic rings. The van der Waals surface area contributed by atoms with E-state index in [-0.39, 0.29) is 29.7 Å². The maximum Gasteiger partial charge on any atom is 0.211 e. The Morgan fingerprint density at radius 1 is 1.19 bits per heavy atom. The lowest BCUT2D eigenvalue weighted by molar-refractivity contribution is 0.481. The summed E-state index contributed by atoms with van der Waals surface area (Å²) in [6.07, 6.45) is 0.686. The molecule has 0 aromatic rings. The predicted molar refractivity (Wildman–Crippen MR) is 101 cm³/mol. The highest BCUT2D eigenvalue weighted by Gasteiger charge is 2.08. The van der Waals surface area contributed by atoms with E-state index in [1.165, 1.54) is 0 Å². The minimum atomic E-state index is -3.09. The average Bonchev–Trinajstić information content (AvgIpc) is 2.38. The van der Waals surface area contributed by atoms with Crippen molar-refractivity contribution in [2.75, 3.05) is 25.4 Å². The fourth-order valence-corrected chi connectivity index (χ4v) is 1.96. The van der Waals surface area contributed by atoms with Crippen LogP contribution in [-0.2, 0) is 10.0 Å². The lowest BCUT2D eigenvalue weighted by atomic mass is 10.1. The number of hydrogen-bond donors (Lipinski definition) is 3. The van der Waals surface area contributed by atoms with Crippen LogP contribution in [0.25, 0.3) is 0 Å². The van der Waals surface area contributed by atoms with Gasteiger partial charge in [0.05, 0.1) is 5.75 Å². The second kappa shape index (κ2) is 12.5. The molecule has 0 heterocycles. The zero-order valence-corrected chi connectivity index (χ0v) is 16.9. The van der Waals surface area contributed by atoms with Crippen molar-refractivity contribution in [2.45, 2.75) is 47.1 Å². The lowest BCUT2D eigenvalue weighted by Gasteiger charge is -2.20. The molecule has 0 saturated heterocycles. The number of nitrogens with zero attached hydrogens (tertiary/aromatic N) is 1. The van der Waals surface area contributed by atoms with E-state index in [1.54, 1.807) is 6.92 Å². The molecule has 0 spiro atoms. The Morgan fingerprint density at radius 2 is 1.81 bits per heavy atom. The maximum absolute atomic E-state index is 11.2. The molecule has 0 bridgehead atoms. The summed E-state index contributed by atoms with van der Waals surface area (Å²) in [4.78, 5) is 4.44. The molecular formula is C13H31IN4O2S. The third kappa shape index (κ3) is 12.2. The van der Waals surface area contributed by atoms with Gasteiger partial charge in [-0.25, -0.2) is 13.1 Å². The highest BCUT2D eigenvalue weighted by molar-refractivity contribution is 14.0. The number of rotatable bonds is 9. The number of nitrogens with one attached hydrogen (secondary N) is 3. The van der Waals surface area contributed by atoms with Gasteiger partial charge in [-0.1, -0.05) is 13.8 Å². The molecule has 0 radical (unpaired) electrons. The first-order valence-corrected chi connectivity index (χ1v) is 8.99. The van der Waals surface area contributed by atoms with E-state index >= 15 is 0 Å². The van der Waals surface area contributed by atoms with Crippen molar-refractivity contribution < 1.29 is 8.42 Å². The summed E-state index contributed by atoms with van der Waals surface area (Å²) in [5.74, 6) is 1.43. The van der Waals surface area contributed by atoms with Gasteiger partial charge in [-0.2, -0.15) is 0 Å². The van der Waals surface area contributed by atoms with E-state index in [9.17, 15) is 8.42 Å². The fourth-order valence-electron chi connectivity index (χ4n) is 1.30. The normalized spacial score (nSPS) is 13.7. The van der Waals surface area contributed by atoms with Gasteiger partial charge in [-0.15, -0.1) is 24.0 Å². The van der Waals surface area contributed by atoms with E-state index in [1.807, 2.05) is 6.92 Å². The molecule has 128 valence electrons. The van der Waals surface area contributed by atoms with Gasteiger partial charge in [0.2, 0.25) is 10.0 Å². The van der Waals surface area contributed by atoms with Gasteiger partial charge in [-0.3, -0.25) is 4.99 Å². The molecule has 0 aromatic heterocycles. The van der Waals surface area contributed by atoms with E-state index in [4.69, 9.17) is 0 Å². The molecule has 0 rings (SSSR count). The van der Waals surface area contributed by atoms with Crippen LogP contribution in [-0.4, -0.2) is 45.8 Å². The second-order valence-electron chi connectivity index (χ2n) is 5.09. The summed E-state index contributed by atoms with van der Waals surface area (Å²) < 4.78 is 25.0. The topological polar surface area (TPSA) is 82.6 Å². The number of sulfonamides is 1. The molecule has 6 nitrogen and oxygen atoms in total. The van der Waals surface area contributed by atoms with Gasteiger partial charge in [0.1, 0.15) is 0 Å². The molecule has 1 unspecified atom stereocenters. The SMILES string of the molecule is CCNC(=NCCCNS(=O)(=O)CC)NC(C)C(C)C.I. The number of aliphatic imine (C=N–C) groups is 1. The molecular weight excluding hydrogens is 403 g/mol. The summed E-state index contributed by atoms with van der Waals surface area (Å²) in [7, 11) is -3.09. The van der Waals surface area contributed by atoms with E-state index in [0.717, 1.165) is 12.5 Å². The Hall–Kier alpha value is -0.0900. The van der Waals surface area contributed by atoms with Crippen molar-refractivity contribution in [1.82, 2.24) is 15.4 Å². The van der Waals surface area contributed by atoms with Crippen molar-refractivity contribution in [3.63, 3.8) is 0 Å². The van der Waals surface area contributed by atoms with E-state index in [0.29, 0.717) is 31.5 Å². The average molecular weight is 434 g/mol. The van der Waals surface area contributed by atoms with Gasteiger partial charge >= 0.3 is 0 Å². The van der Waals surface area contributed by atoms with Crippen LogP contribution in [0.3, 0.4) is 0 Å². The fraction of sp³-hybridized carbons (Fsp3) is 0.923. The van der Waals surface area contributed by atoms with Crippen molar-refractivity contribution >= 4 is 40.0 Å². The van der Waals surface area contributed by atoms with Crippen LogP contribution in [0.4, 0.5) is 0 Å². The Labute approximate surface area is 147 Å². The third-order valence-electron chi connectivity index (χ3n) is 3.02. The predicted octanol–water partition coefficient (Wildman–Crippen LogP) is 1.53. The summed E-state index contributed by atoms with van der Waals surface area (Å²) in [5.41, 5.74) is 0. The van der Waals surface area contributed by atoms with Crippen LogP contribution in [0.1, 0.15) is 41.0 Å². The molecule has 1 atom stereocenters. The standard InChI is InChI=1S/C13H30N4O2S.HI/c1-6-14-13(17-12(5)11(3)4)15-9-8-10-16-20(18,19)7-2;/h11-12,16H,6-10H2,1-5H3,(H2,14,15,17);1H. The molecule has 0 fully saturated rings. The monoisotopic (exact) mass is 434 g/mol. The van der Waals surface area contributed by atoms with Gasteiger partial charge in [0, 0.05) is 25.7 Å². The Morgan fingerprint density at radius 3 is 2.29 bits per heavy atom. The lowest BCUT2D eigenvalue weighted by Crippen LogP contribution is -2.44. The molecule has 0 aliphatic carbocycles. The van der Waals surface area contributed by atoms with Crippen molar-refractivity contribution in [3.05, 3.63) is 0 Å². The van der Waals surface area contributed by atoms with Crippen LogP contribution in [0.5, 0.6) is 0 Å². The molecule has 0 amide bonds. The Balaban J connectivity index is 0. The molecule has 21 heavy (non-hydrogen) atoms. The largest absolute Gasteiger partial charge is 0.357 e. The molecule has 0 saturated carbocycles. The highest BCUT2D eigenvalue weighted by Crippen LogP contribution is 1.99. The van der Waals surface area contributed by atoms with Crippen molar-refractivity contribution in [1.29, 1.82) is 0 Å².